The Morgan fingerprint density at radius 2 is 1.80 bits per heavy atom. The number of unbranched alkanes of at least 4 members (excludes halogenated alkanes) is 1. The molecule has 0 bridgehead atoms. The molecule has 0 spiro atoms. The van der Waals surface area contributed by atoms with Crippen molar-refractivity contribution in [2.75, 3.05) is 20.3 Å². The van der Waals surface area contributed by atoms with Crippen molar-refractivity contribution in [2.45, 2.75) is 72.3 Å². The third-order valence-electron chi connectivity index (χ3n) is 4.47. The third-order valence-corrected chi connectivity index (χ3v) is 4.47. The summed E-state index contributed by atoms with van der Waals surface area (Å²) in [5, 5.41) is 3.38. The average Bonchev–Trinajstić information content (AvgIpc) is 2.44. The van der Waals surface area contributed by atoms with Gasteiger partial charge in [-0.2, -0.15) is 0 Å². The highest BCUT2D eigenvalue weighted by Gasteiger charge is 2.37. The summed E-state index contributed by atoms with van der Waals surface area (Å²) in [4.78, 5) is 25.1. The van der Waals surface area contributed by atoms with Gasteiger partial charge in [0.1, 0.15) is 0 Å². The molecule has 0 saturated heterocycles. The molecule has 3 N–H and O–H groups in total. The van der Waals surface area contributed by atoms with E-state index in [1.54, 1.807) is 7.11 Å². The van der Waals surface area contributed by atoms with Crippen LogP contribution in [0, 0.1) is 11.3 Å². The van der Waals surface area contributed by atoms with Gasteiger partial charge in [0.25, 0.3) is 0 Å². The molecule has 5 nitrogen and oxygen atoms in total. The first kappa shape index (κ1) is 21.8. The maximum atomic E-state index is 12.5. The van der Waals surface area contributed by atoms with E-state index >= 15 is 0 Å². The molecule has 25 heavy (non-hydrogen) atoms. The van der Waals surface area contributed by atoms with Crippen molar-refractivity contribution >= 4 is 11.6 Å². The van der Waals surface area contributed by atoms with Gasteiger partial charge in [0, 0.05) is 38.2 Å². The molecule has 5 heteroatoms. The van der Waals surface area contributed by atoms with Gasteiger partial charge in [-0.05, 0) is 30.6 Å². The van der Waals surface area contributed by atoms with Crippen molar-refractivity contribution in [3.8, 4) is 0 Å². The zero-order valence-corrected chi connectivity index (χ0v) is 16.6. The molecular weight excluding hydrogens is 316 g/mol. The van der Waals surface area contributed by atoms with E-state index in [0.29, 0.717) is 30.9 Å². The van der Waals surface area contributed by atoms with Crippen LogP contribution in [0.2, 0.25) is 0 Å². The number of methoxy groups -OCH3 is 1. The molecule has 0 aromatic carbocycles. The van der Waals surface area contributed by atoms with E-state index in [-0.39, 0.29) is 23.0 Å². The van der Waals surface area contributed by atoms with Crippen molar-refractivity contribution in [1.82, 2.24) is 5.32 Å². The van der Waals surface area contributed by atoms with Crippen LogP contribution in [0.1, 0.15) is 66.2 Å². The maximum absolute atomic E-state index is 12.5. The fourth-order valence-electron chi connectivity index (χ4n) is 3.34. The Kier molecular flexibility index (Phi) is 8.80. The Morgan fingerprint density at radius 3 is 2.32 bits per heavy atom. The fraction of sp³-hybridized carbons (Fsp3) is 0.800. The predicted octanol–water partition coefficient (Wildman–Crippen LogP) is 2.98. The smallest absolute Gasteiger partial charge is 0.168 e. The van der Waals surface area contributed by atoms with Crippen LogP contribution in [0.25, 0.3) is 0 Å². The van der Waals surface area contributed by atoms with E-state index in [2.05, 4.69) is 19.2 Å². The number of hydrogen-bond acceptors (Lipinski definition) is 5. The Bertz CT molecular complexity index is 473. The first-order valence-corrected chi connectivity index (χ1v) is 9.44. The molecule has 144 valence electrons. The molecule has 0 aliphatic heterocycles. The second-order valence-corrected chi connectivity index (χ2v) is 8.45. The van der Waals surface area contributed by atoms with E-state index in [4.69, 9.17) is 10.5 Å². The van der Waals surface area contributed by atoms with Crippen molar-refractivity contribution in [3.63, 3.8) is 0 Å². The molecule has 1 fully saturated rings. The summed E-state index contributed by atoms with van der Waals surface area (Å²) in [6.45, 7) is 9.52. The van der Waals surface area contributed by atoms with Crippen LogP contribution in [0.3, 0.4) is 0 Å². The number of rotatable bonds is 10. The fourth-order valence-corrected chi connectivity index (χ4v) is 3.34. The normalized spacial score (nSPS) is 18.6. The lowest BCUT2D eigenvalue weighted by atomic mass is 9.73. The van der Waals surface area contributed by atoms with E-state index < -0.39 is 0 Å². The number of nitrogens with two attached hydrogens (primary N) is 1. The number of allylic oxidation sites excluding steroid dienone is 2. The molecule has 0 amide bonds. The largest absolute Gasteiger partial charge is 0.388 e. The summed E-state index contributed by atoms with van der Waals surface area (Å²) in [6, 6.07) is 0.0715. The molecule has 0 unspecified atom stereocenters. The minimum Gasteiger partial charge on any atom is -0.388 e. The monoisotopic (exact) mass is 352 g/mol. The third kappa shape index (κ3) is 7.70. The lowest BCUT2D eigenvalue weighted by molar-refractivity contribution is -0.127. The molecule has 0 radical (unpaired) electrons. The van der Waals surface area contributed by atoms with Crippen molar-refractivity contribution in [2.24, 2.45) is 17.1 Å². The van der Waals surface area contributed by atoms with Gasteiger partial charge in [-0.1, -0.05) is 34.1 Å². The predicted molar refractivity (Wildman–Crippen MR) is 101 cm³/mol. The van der Waals surface area contributed by atoms with Crippen LogP contribution in [0.15, 0.2) is 11.3 Å². The average molecular weight is 353 g/mol. The summed E-state index contributed by atoms with van der Waals surface area (Å²) in [5.74, 6) is 0.374. The zero-order valence-electron chi connectivity index (χ0n) is 16.6. The molecule has 0 aromatic rings. The minimum absolute atomic E-state index is 0.00785. The first-order chi connectivity index (χ1) is 11.7. The number of Topliss-reactive ketones (excluding diaryl/α,β-unsaturated/α-hetero) is 2. The second-order valence-electron chi connectivity index (χ2n) is 8.45. The van der Waals surface area contributed by atoms with Crippen LogP contribution in [-0.4, -0.2) is 37.9 Å². The van der Waals surface area contributed by atoms with E-state index in [1.807, 2.05) is 13.8 Å². The van der Waals surface area contributed by atoms with Gasteiger partial charge in [-0.25, -0.2) is 0 Å². The quantitative estimate of drug-likeness (QED) is 0.359. The van der Waals surface area contributed by atoms with E-state index in [9.17, 15) is 9.59 Å². The number of nitrogens with one attached hydrogen (secondary N) is 1. The topological polar surface area (TPSA) is 81.4 Å². The lowest BCUT2D eigenvalue weighted by Crippen LogP contribution is -2.35. The van der Waals surface area contributed by atoms with Gasteiger partial charge >= 0.3 is 0 Å². The standard InChI is InChI=1S/C20H36N2O3/c1-14(2)10-16(22-9-7-6-8-15(21)13-25-5)19-17(23)11-20(3,4)12-18(19)24/h14-15,22H,6-13,21H2,1-5H3/t15-/m0/s1. The number of carbonyl (C=O) groups is 2. The van der Waals surface area contributed by atoms with Gasteiger partial charge in [-0.15, -0.1) is 0 Å². The molecule has 1 aliphatic rings. The zero-order chi connectivity index (χ0) is 19.0. The summed E-state index contributed by atoms with van der Waals surface area (Å²) < 4.78 is 5.04. The van der Waals surface area contributed by atoms with E-state index in [0.717, 1.165) is 37.9 Å². The minimum atomic E-state index is -0.224. The highest BCUT2D eigenvalue weighted by Crippen LogP contribution is 2.35. The number of carbonyl (C=O) groups excluding carboxylic acids is 2. The molecule has 0 aromatic heterocycles. The van der Waals surface area contributed by atoms with Gasteiger partial charge in [0.15, 0.2) is 11.6 Å². The number of ketones is 2. The van der Waals surface area contributed by atoms with Gasteiger partial charge < -0.3 is 15.8 Å². The molecule has 1 rings (SSSR count). The molecular formula is C20H36N2O3. The van der Waals surface area contributed by atoms with E-state index in [1.165, 1.54) is 0 Å². The molecule has 1 saturated carbocycles. The second kappa shape index (κ2) is 10.1. The summed E-state index contributed by atoms with van der Waals surface area (Å²) in [6.07, 6.45) is 4.50. The highest BCUT2D eigenvalue weighted by atomic mass is 16.5. The first-order valence-electron chi connectivity index (χ1n) is 9.44. The van der Waals surface area contributed by atoms with Crippen LogP contribution in [-0.2, 0) is 14.3 Å². The summed E-state index contributed by atoms with van der Waals surface area (Å²) in [7, 11) is 1.66. The van der Waals surface area contributed by atoms with Gasteiger partial charge in [0.2, 0.25) is 0 Å². The van der Waals surface area contributed by atoms with Crippen molar-refractivity contribution in [3.05, 3.63) is 11.3 Å². The van der Waals surface area contributed by atoms with Crippen LogP contribution in [0.5, 0.6) is 0 Å². The Balaban J connectivity index is 2.68. The summed E-state index contributed by atoms with van der Waals surface area (Å²) >= 11 is 0. The molecule has 1 aliphatic carbocycles. The Labute approximate surface area is 152 Å². The number of ether oxygens (including phenoxy) is 1. The highest BCUT2D eigenvalue weighted by molar-refractivity contribution is 6.22. The van der Waals surface area contributed by atoms with Gasteiger partial charge in [-0.3, -0.25) is 9.59 Å². The summed E-state index contributed by atoms with van der Waals surface area (Å²) in [5.41, 5.74) is 6.96. The Hall–Kier alpha value is -1.20. The SMILES string of the molecule is COC[C@@H](N)CCCCNC(CC(C)C)=C1C(=O)CC(C)(C)CC1=O. The molecule has 1 atom stereocenters. The Morgan fingerprint density at radius 1 is 1.20 bits per heavy atom. The van der Waals surface area contributed by atoms with Crippen LogP contribution >= 0.6 is 0 Å². The lowest BCUT2D eigenvalue weighted by Gasteiger charge is -2.30. The molecule has 0 heterocycles. The number of hydrogen-bond donors (Lipinski definition) is 2. The van der Waals surface area contributed by atoms with Crippen LogP contribution in [0.4, 0.5) is 0 Å². The van der Waals surface area contributed by atoms with Gasteiger partial charge in [0.05, 0.1) is 12.2 Å². The maximum Gasteiger partial charge on any atom is 0.168 e. The van der Waals surface area contributed by atoms with Crippen LogP contribution < -0.4 is 11.1 Å². The van der Waals surface area contributed by atoms with Crippen molar-refractivity contribution in [1.29, 1.82) is 0 Å². The van der Waals surface area contributed by atoms with Crippen molar-refractivity contribution < 1.29 is 14.3 Å².